The monoisotopic (exact) mass is 468 g/mol. The van der Waals surface area contributed by atoms with Crippen LogP contribution in [-0.4, -0.2) is 57.9 Å². The highest BCUT2D eigenvalue weighted by Gasteiger charge is 2.38. The summed E-state index contributed by atoms with van der Waals surface area (Å²) in [6.45, 7) is 4.13. The van der Waals surface area contributed by atoms with Gasteiger partial charge in [0.05, 0.1) is 11.5 Å². The van der Waals surface area contributed by atoms with Gasteiger partial charge in [-0.15, -0.1) is 0 Å². The van der Waals surface area contributed by atoms with E-state index in [1.165, 1.54) is 0 Å². The summed E-state index contributed by atoms with van der Waals surface area (Å²) in [5, 5.41) is 10.4. The number of benzene rings is 1. The van der Waals surface area contributed by atoms with E-state index in [2.05, 4.69) is 10.0 Å². The molecular formula is C19H27F3N2O6S. The molecule has 0 bridgehead atoms. The number of nitrogens with one attached hydrogen (secondary N) is 2. The van der Waals surface area contributed by atoms with E-state index in [1.54, 1.807) is 19.1 Å². The van der Waals surface area contributed by atoms with Crippen LogP contribution in [0.1, 0.15) is 44.1 Å². The van der Waals surface area contributed by atoms with Crippen LogP contribution in [0.3, 0.4) is 0 Å². The third kappa shape index (κ3) is 9.66. The number of alkyl halides is 3. The molecule has 1 saturated heterocycles. The minimum atomic E-state index is -5.08. The van der Waals surface area contributed by atoms with Gasteiger partial charge >= 0.3 is 18.1 Å². The Morgan fingerprint density at radius 3 is 2.35 bits per heavy atom. The molecular weight excluding hydrogens is 441 g/mol. The third-order valence-electron chi connectivity index (χ3n) is 4.39. The Morgan fingerprint density at radius 1 is 1.23 bits per heavy atom. The molecule has 0 aromatic heterocycles. The van der Waals surface area contributed by atoms with Crippen molar-refractivity contribution in [2.45, 2.75) is 49.6 Å². The van der Waals surface area contributed by atoms with Crippen molar-refractivity contribution in [3.05, 3.63) is 29.8 Å². The molecule has 3 N–H and O–H groups in total. The molecule has 0 radical (unpaired) electrons. The van der Waals surface area contributed by atoms with Crippen LogP contribution in [0.4, 0.5) is 13.2 Å². The third-order valence-corrected chi connectivity index (χ3v) is 5.92. The van der Waals surface area contributed by atoms with Gasteiger partial charge in [-0.1, -0.05) is 18.2 Å². The fourth-order valence-electron chi connectivity index (χ4n) is 2.95. The van der Waals surface area contributed by atoms with Crippen LogP contribution >= 0.6 is 0 Å². The SMILES string of the molecule is CCOC(=O)CCCNS(=O)(=O)c1ccccc1C1CCNCC1.O=C(O)C(F)(F)F. The van der Waals surface area contributed by atoms with Crippen molar-refractivity contribution >= 4 is 22.0 Å². The number of hydrogen-bond donors (Lipinski definition) is 3. The summed E-state index contributed by atoms with van der Waals surface area (Å²) in [6, 6.07) is 7.20. The number of piperidine rings is 1. The lowest BCUT2D eigenvalue weighted by Gasteiger charge is -2.25. The first-order valence-corrected chi connectivity index (χ1v) is 11.2. The summed E-state index contributed by atoms with van der Waals surface area (Å²) in [5.41, 5.74) is 0.886. The lowest BCUT2D eigenvalue weighted by atomic mass is 9.90. The Morgan fingerprint density at radius 2 is 1.81 bits per heavy atom. The molecule has 0 unspecified atom stereocenters. The Kier molecular flexibility index (Phi) is 10.9. The van der Waals surface area contributed by atoms with E-state index >= 15 is 0 Å². The number of ether oxygens (including phenoxy) is 1. The van der Waals surface area contributed by atoms with Gasteiger partial charge in [-0.25, -0.2) is 17.9 Å². The molecule has 0 amide bonds. The first kappa shape index (κ1) is 26.9. The zero-order chi connectivity index (χ0) is 23.5. The number of aliphatic carboxylic acids is 1. The van der Waals surface area contributed by atoms with E-state index in [-0.39, 0.29) is 24.9 Å². The molecule has 176 valence electrons. The van der Waals surface area contributed by atoms with Gasteiger partial charge in [-0.05, 0) is 56.8 Å². The maximum absolute atomic E-state index is 12.6. The van der Waals surface area contributed by atoms with Gasteiger partial charge in [-0.2, -0.15) is 13.2 Å². The molecule has 12 heteroatoms. The first-order valence-electron chi connectivity index (χ1n) is 9.74. The van der Waals surface area contributed by atoms with Crippen LogP contribution in [0.2, 0.25) is 0 Å². The van der Waals surface area contributed by atoms with Gasteiger partial charge in [0.15, 0.2) is 0 Å². The Balaban J connectivity index is 0.000000592. The van der Waals surface area contributed by atoms with Crippen molar-refractivity contribution in [1.29, 1.82) is 0 Å². The zero-order valence-corrected chi connectivity index (χ0v) is 17.9. The Bertz CT molecular complexity index is 824. The summed E-state index contributed by atoms with van der Waals surface area (Å²) in [6.07, 6.45) is -2.56. The van der Waals surface area contributed by atoms with Gasteiger partial charge in [0.2, 0.25) is 10.0 Å². The van der Waals surface area contributed by atoms with Gasteiger partial charge in [0, 0.05) is 13.0 Å². The van der Waals surface area contributed by atoms with Crippen LogP contribution in [-0.2, 0) is 24.3 Å². The van der Waals surface area contributed by atoms with Crippen LogP contribution < -0.4 is 10.0 Å². The molecule has 2 rings (SSSR count). The molecule has 1 aliphatic heterocycles. The zero-order valence-electron chi connectivity index (χ0n) is 17.1. The fourth-order valence-corrected chi connectivity index (χ4v) is 4.32. The van der Waals surface area contributed by atoms with E-state index in [9.17, 15) is 26.4 Å². The number of hydrogen-bond acceptors (Lipinski definition) is 6. The van der Waals surface area contributed by atoms with Gasteiger partial charge < -0.3 is 15.2 Å². The van der Waals surface area contributed by atoms with E-state index in [0.29, 0.717) is 17.9 Å². The minimum absolute atomic E-state index is 0.215. The molecule has 0 atom stereocenters. The maximum Gasteiger partial charge on any atom is 0.490 e. The number of esters is 1. The van der Waals surface area contributed by atoms with Crippen molar-refractivity contribution in [2.24, 2.45) is 0 Å². The summed E-state index contributed by atoms with van der Waals surface area (Å²) < 4.78 is 64.4. The van der Waals surface area contributed by atoms with Crippen molar-refractivity contribution < 1.29 is 41.0 Å². The van der Waals surface area contributed by atoms with E-state index < -0.39 is 22.2 Å². The molecule has 0 saturated carbocycles. The molecule has 31 heavy (non-hydrogen) atoms. The normalized spacial score (nSPS) is 15.0. The van der Waals surface area contributed by atoms with Crippen LogP contribution in [0.5, 0.6) is 0 Å². The number of rotatable bonds is 8. The summed E-state index contributed by atoms with van der Waals surface area (Å²) >= 11 is 0. The molecule has 8 nitrogen and oxygen atoms in total. The van der Waals surface area contributed by atoms with Gasteiger partial charge in [0.1, 0.15) is 0 Å². The highest BCUT2D eigenvalue weighted by Crippen LogP contribution is 2.30. The predicted molar refractivity (Wildman–Crippen MR) is 106 cm³/mol. The largest absolute Gasteiger partial charge is 0.490 e. The number of carbonyl (C=O) groups is 2. The number of carboxylic acid groups (broad SMARTS) is 1. The van der Waals surface area contributed by atoms with E-state index in [1.807, 2.05) is 12.1 Å². The van der Waals surface area contributed by atoms with E-state index in [0.717, 1.165) is 31.5 Å². The second kappa shape index (κ2) is 12.6. The number of sulfonamides is 1. The second-order valence-electron chi connectivity index (χ2n) is 6.67. The van der Waals surface area contributed by atoms with Crippen molar-refractivity contribution in [3.63, 3.8) is 0 Å². The second-order valence-corrected chi connectivity index (χ2v) is 8.41. The molecule has 1 aromatic carbocycles. The number of carbonyl (C=O) groups excluding carboxylic acids is 1. The highest BCUT2D eigenvalue weighted by molar-refractivity contribution is 7.89. The molecule has 0 aliphatic carbocycles. The van der Waals surface area contributed by atoms with Gasteiger partial charge in [-0.3, -0.25) is 4.79 Å². The summed E-state index contributed by atoms with van der Waals surface area (Å²) in [7, 11) is -3.57. The average Bonchev–Trinajstić information content (AvgIpc) is 2.72. The predicted octanol–water partition coefficient (Wildman–Crippen LogP) is 2.41. The van der Waals surface area contributed by atoms with Crippen molar-refractivity contribution in [2.75, 3.05) is 26.2 Å². The first-order chi connectivity index (χ1) is 14.5. The Hall–Kier alpha value is -2.18. The van der Waals surface area contributed by atoms with E-state index in [4.69, 9.17) is 14.6 Å². The number of halogens is 3. The fraction of sp³-hybridized carbons (Fsp3) is 0.579. The quantitative estimate of drug-likeness (QED) is 0.396. The smallest absolute Gasteiger partial charge is 0.475 e. The molecule has 0 spiro atoms. The van der Waals surface area contributed by atoms with Crippen molar-refractivity contribution in [3.8, 4) is 0 Å². The molecule has 1 heterocycles. The average molecular weight is 468 g/mol. The lowest BCUT2D eigenvalue weighted by Crippen LogP contribution is -2.30. The molecule has 1 aliphatic rings. The minimum Gasteiger partial charge on any atom is -0.475 e. The van der Waals surface area contributed by atoms with Gasteiger partial charge in [0.25, 0.3) is 0 Å². The summed E-state index contributed by atoms with van der Waals surface area (Å²) in [4.78, 5) is 20.5. The Labute approximate surface area is 179 Å². The lowest BCUT2D eigenvalue weighted by molar-refractivity contribution is -0.192. The highest BCUT2D eigenvalue weighted by atomic mass is 32.2. The molecule has 1 aromatic rings. The summed E-state index contributed by atoms with van der Waals surface area (Å²) in [5.74, 6) is -2.79. The maximum atomic E-state index is 12.6. The molecule has 1 fully saturated rings. The standard InChI is InChI=1S/C17H26N2O4S.C2HF3O2/c1-2-23-17(20)8-5-11-19-24(21,22)16-7-4-3-6-15(16)14-9-12-18-13-10-14;3-2(4,5)1(6)7/h3-4,6-7,14,18-19H,2,5,8-13H2,1H3;(H,6,7). The van der Waals surface area contributed by atoms with Crippen molar-refractivity contribution in [1.82, 2.24) is 10.0 Å². The number of carboxylic acids is 1. The van der Waals surface area contributed by atoms with Crippen LogP contribution in [0, 0.1) is 0 Å². The topological polar surface area (TPSA) is 122 Å². The van der Waals surface area contributed by atoms with Crippen LogP contribution in [0.25, 0.3) is 0 Å². The van der Waals surface area contributed by atoms with Crippen LogP contribution in [0.15, 0.2) is 29.2 Å².